The van der Waals surface area contributed by atoms with Crippen LogP contribution in [0.25, 0.3) is 0 Å². The van der Waals surface area contributed by atoms with Crippen LogP contribution >= 0.6 is 0 Å². The van der Waals surface area contributed by atoms with Crippen LogP contribution in [0, 0.1) is 0 Å². The minimum absolute atomic E-state index is 0.0308. The van der Waals surface area contributed by atoms with Crippen molar-refractivity contribution in [1.29, 1.82) is 0 Å². The Morgan fingerprint density at radius 3 is 2.60 bits per heavy atom. The lowest BCUT2D eigenvalue weighted by atomic mass is 10.3. The molecule has 0 saturated carbocycles. The third kappa shape index (κ3) is 1.11. The summed E-state index contributed by atoms with van der Waals surface area (Å²) in [4.78, 5) is 0. The summed E-state index contributed by atoms with van der Waals surface area (Å²) in [6, 6.07) is 4.36. The van der Waals surface area contributed by atoms with Gasteiger partial charge in [0, 0.05) is 5.69 Å². The Bertz CT molecular complexity index is 237. The average molecular weight is 140 g/mol. The van der Waals surface area contributed by atoms with Crippen LogP contribution in [0.15, 0.2) is 18.2 Å². The first kappa shape index (κ1) is 6.70. The number of hydrogen-bond donors (Lipinski definition) is 4. The van der Waals surface area contributed by atoms with Gasteiger partial charge in [-0.2, -0.15) is 0 Å². The summed E-state index contributed by atoms with van der Waals surface area (Å²) < 4.78 is 0. The number of nitrogen functional groups attached to an aromatic ring is 1. The summed E-state index contributed by atoms with van der Waals surface area (Å²) in [5, 5.41) is 17.3. The molecule has 10 heavy (non-hydrogen) atoms. The number of nitrogens with two attached hydrogens (primary N) is 1. The molecule has 5 N–H and O–H groups in total. The van der Waals surface area contributed by atoms with E-state index in [1.54, 1.807) is 5.48 Å². The van der Waals surface area contributed by atoms with Crippen molar-refractivity contribution >= 4 is 11.4 Å². The van der Waals surface area contributed by atoms with Gasteiger partial charge in [-0.3, -0.25) is 10.7 Å². The van der Waals surface area contributed by atoms with E-state index in [1.165, 1.54) is 18.2 Å². The first-order valence-electron chi connectivity index (χ1n) is 2.72. The van der Waals surface area contributed by atoms with Gasteiger partial charge in [-0.15, -0.1) is 0 Å². The number of phenols is 1. The number of nitrogens with one attached hydrogen (secondary N) is 1. The Morgan fingerprint density at radius 2 is 2.10 bits per heavy atom. The highest BCUT2D eigenvalue weighted by Crippen LogP contribution is 2.23. The van der Waals surface area contributed by atoms with E-state index in [4.69, 9.17) is 16.0 Å². The van der Waals surface area contributed by atoms with Gasteiger partial charge < -0.3 is 10.8 Å². The molecule has 0 aliphatic rings. The van der Waals surface area contributed by atoms with Crippen molar-refractivity contribution in [3.8, 4) is 5.75 Å². The molecule has 1 rings (SSSR count). The van der Waals surface area contributed by atoms with Gasteiger partial charge in [-0.25, -0.2) is 0 Å². The van der Waals surface area contributed by atoms with Crippen LogP contribution in [-0.4, -0.2) is 10.3 Å². The molecule has 0 aliphatic carbocycles. The topological polar surface area (TPSA) is 78.5 Å². The van der Waals surface area contributed by atoms with Crippen molar-refractivity contribution in [2.75, 3.05) is 11.2 Å². The number of aromatic hydroxyl groups is 1. The summed E-state index contributed by atoms with van der Waals surface area (Å²) in [5.41, 5.74) is 7.84. The fraction of sp³-hybridized carbons (Fsp3) is 0. The van der Waals surface area contributed by atoms with Gasteiger partial charge in [0.15, 0.2) is 0 Å². The van der Waals surface area contributed by atoms with Crippen molar-refractivity contribution in [2.45, 2.75) is 0 Å². The van der Waals surface area contributed by atoms with Crippen LogP contribution in [0.5, 0.6) is 5.75 Å². The van der Waals surface area contributed by atoms with Crippen molar-refractivity contribution in [3.05, 3.63) is 18.2 Å². The van der Waals surface area contributed by atoms with Crippen LogP contribution < -0.4 is 11.2 Å². The molecule has 54 valence electrons. The van der Waals surface area contributed by atoms with Gasteiger partial charge in [0.25, 0.3) is 0 Å². The summed E-state index contributed by atoms with van der Waals surface area (Å²) in [6.45, 7) is 0. The number of benzene rings is 1. The molecular weight excluding hydrogens is 132 g/mol. The fourth-order valence-electron chi connectivity index (χ4n) is 0.643. The zero-order chi connectivity index (χ0) is 7.56. The first-order valence-corrected chi connectivity index (χ1v) is 2.72. The number of anilines is 2. The molecular formula is C6H8N2O2. The highest BCUT2D eigenvalue weighted by molar-refractivity contribution is 5.61. The summed E-state index contributed by atoms with van der Waals surface area (Å²) in [6.07, 6.45) is 0. The van der Waals surface area contributed by atoms with E-state index in [9.17, 15) is 0 Å². The largest absolute Gasteiger partial charge is 0.506 e. The molecule has 1 aromatic rings. The first-order chi connectivity index (χ1) is 4.74. The van der Waals surface area contributed by atoms with E-state index in [-0.39, 0.29) is 11.4 Å². The van der Waals surface area contributed by atoms with Crippen LogP contribution in [0.1, 0.15) is 0 Å². The van der Waals surface area contributed by atoms with Gasteiger partial charge in [0.2, 0.25) is 0 Å². The lowest BCUT2D eigenvalue weighted by Gasteiger charge is -2.01. The molecule has 0 radical (unpaired) electrons. The van der Waals surface area contributed by atoms with E-state index in [0.29, 0.717) is 5.69 Å². The van der Waals surface area contributed by atoms with Crippen LogP contribution in [0.3, 0.4) is 0 Å². The molecule has 0 aromatic heterocycles. The van der Waals surface area contributed by atoms with E-state index in [2.05, 4.69) is 0 Å². The molecule has 4 heteroatoms. The van der Waals surface area contributed by atoms with Crippen LogP contribution in [0.4, 0.5) is 11.4 Å². The number of hydrogen-bond acceptors (Lipinski definition) is 4. The zero-order valence-electron chi connectivity index (χ0n) is 5.20. The van der Waals surface area contributed by atoms with Gasteiger partial charge in [-0.1, -0.05) is 0 Å². The molecule has 4 nitrogen and oxygen atoms in total. The Morgan fingerprint density at radius 1 is 1.40 bits per heavy atom. The maximum Gasteiger partial charge on any atom is 0.141 e. The highest BCUT2D eigenvalue weighted by atomic mass is 16.5. The summed E-state index contributed by atoms with van der Waals surface area (Å²) in [7, 11) is 0. The van der Waals surface area contributed by atoms with Gasteiger partial charge in [0.05, 0.1) is 0 Å². The quantitative estimate of drug-likeness (QED) is 0.201. The fourth-order valence-corrected chi connectivity index (χ4v) is 0.643. The van der Waals surface area contributed by atoms with Crippen molar-refractivity contribution in [1.82, 2.24) is 0 Å². The molecule has 1 aromatic carbocycles. The zero-order valence-corrected chi connectivity index (χ0v) is 5.20. The predicted octanol–water partition coefficient (Wildman–Crippen LogP) is 0.776. The maximum atomic E-state index is 8.96. The summed E-state index contributed by atoms with van der Waals surface area (Å²) in [5.74, 6) is -0.0308. The molecule has 0 unspecified atom stereocenters. The monoisotopic (exact) mass is 140 g/mol. The Labute approximate surface area is 57.9 Å². The molecule has 0 amide bonds. The lowest BCUT2D eigenvalue weighted by Crippen LogP contribution is -1.91. The molecule has 0 saturated heterocycles. The van der Waals surface area contributed by atoms with E-state index in [0.717, 1.165) is 0 Å². The second-order valence-corrected chi connectivity index (χ2v) is 1.89. The normalized spacial score (nSPS) is 9.30. The second kappa shape index (κ2) is 2.45. The van der Waals surface area contributed by atoms with Gasteiger partial charge >= 0.3 is 0 Å². The Balaban J connectivity index is 3.09. The SMILES string of the molecule is Nc1ccc(O)c(NO)c1. The van der Waals surface area contributed by atoms with Crippen LogP contribution in [-0.2, 0) is 0 Å². The maximum absolute atomic E-state index is 8.96. The molecule has 0 spiro atoms. The standard InChI is InChI=1S/C6H8N2O2/c7-4-1-2-6(9)5(3-4)8-10/h1-3,8-10H,7H2. The predicted molar refractivity (Wildman–Crippen MR) is 37.9 cm³/mol. The van der Waals surface area contributed by atoms with E-state index >= 15 is 0 Å². The minimum atomic E-state index is -0.0308. The van der Waals surface area contributed by atoms with Crippen molar-refractivity contribution in [3.63, 3.8) is 0 Å². The number of rotatable bonds is 1. The lowest BCUT2D eigenvalue weighted by molar-refractivity contribution is 0.381. The van der Waals surface area contributed by atoms with Gasteiger partial charge in [-0.05, 0) is 18.2 Å². The van der Waals surface area contributed by atoms with Gasteiger partial charge in [0.1, 0.15) is 11.4 Å². The van der Waals surface area contributed by atoms with Crippen molar-refractivity contribution < 1.29 is 10.3 Å². The third-order valence-electron chi connectivity index (χ3n) is 1.14. The molecule has 0 heterocycles. The third-order valence-corrected chi connectivity index (χ3v) is 1.14. The van der Waals surface area contributed by atoms with E-state index in [1.807, 2.05) is 0 Å². The molecule has 0 atom stereocenters. The molecule has 0 fully saturated rings. The Hall–Kier alpha value is -1.42. The molecule has 0 aliphatic heterocycles. The van der Waals surface area contributed by atoms with E-state index < -0.39 is 0 Å². The van der Waals surface area contributed by atoms with Crippen LogP contribution in [0.2, 0.25) is 0 Å². The number of phenolic OH excluding ortho intramolecular Hbond substituents is 1. The minimum Gasteiger partial charge on any atom is -0.506 e. The smallest absolute Gasteiger partial charge is 0.141 e. The average Bonchev–Trinajstić information content (AvgIpc) is 1.94. The second-order valence-electron chi connectivity index (χ2n) is 1.89. The van der Waals surface area contributed by atoms with Crippen molar-refractivity contribution in [2.24, 2.45) is 0 Å². The summed E-state index contributed by atoms with van der Waals surface area (Å²) >= 11 is 0. The Kier molecular flexibility index (Phi) is 1.64. The highest BCUT2D eigenvalue weighted by Gasteiger charge is 1.97. The molecule has 0 bridgehead atoms.